The Bertz CT molecular complexity index is 303. The molecular formula is C8H14N6O. The predicted molar refractivity (Wildman–Crippen MR) is 52.2 cm³/mol. The van der Waals surface area contributed by atoms with Gasteiger partial charge in [-0.05, 0) is 37.6 Å². The smallest absolute Gasteiger partial charge is 0.293 e. The summed E-state index contributed by atoms with van der Waals surface area (Å²) in [6, 6.07) is 0.214. The predicted octanol–water partition coefficient (Wildman–Crippen LogP) is -0.928. The maximum atomic E-state index is 11.6. The number of tetrazole rings is 1. The second kappa shape index (κ2) is 4.83. The minimum absolute atomic E-state index is 0.104. The van der Waals surface area contributed by atoms with Gasteiger partial charge in [-0.1, -0.05) is 0 Å². The standard InChI is InChI=1S/C8H14N6O/c15-8(7-11-13-14-12-7)10-6-2-1-4-9-5-3-6/h6,9H,1-5H2,(H,10,15)(H,11,12,13,14). The van der Waals surface area contributed by atoms with Crippen LogP contribution in [0.3, 0.4) is 0 Å². The van der Waals surface area contributed by atoms with Crippen molar-refractivity contribution in [2.45, 2.75) is 25.3 Å². The average Bonchev–Trinajstić information content (AvgIpc) is 2.65. The summed E-state index contributed by atoms with van der Waals surface area (Å²) in [6.07, 6.45) is 3.03. The van der Waals surface area contributed by atoms with Gasteiger partial charge in [0.15, 0.2) is 0 Å². The van der Waals surface area contributed by atoms with Crippen molar-refractivity contribution < 1.29 is 4.79 Å². The first kappa shape index (κ1) is 10.0. The van der Waals surface area contributed by atoms with Crippen LogP contribution in [0.15, 0.2) is 0 Å². The van der Waals surface area contributed by atoms with Gasteiger partial charge in [0, 0.05) is 6.04 Å². The molecule has 82 valence electrons. The number of carbonyl (C=O) groups excluding carboxylic acids is 1. The summed E-state index contributed by atoms with van der Waals surface area (Å²) < 4.78 is 0. The van der Waals surface area contributed by atoms with Gasteiger partial charge in [-0.2, -0.15) is 5.21 Å². The van der Waals surface area contributed by atoms with Crippen molar-refractivity contribution in [1.29, 1.82) is 0 Å². The molecule has 1 saturated heterocycles. The highest BCUT2D eigenvalue weighted by Gasteiger charge is 2.17. The highest BCUT2D eigenvalue weighted by atomic mass is 16.2. The van der Waals surface area contributed by atoms with Crippen molar-refractivity contribution in [3.05, 3.63) is 5.82 Å². The summed E-state index contributed by atoms with van der Waals surface area (Å²) >= 11 is 0. The van der Waals surface area contributed by atoms with Crippen LogP contribution in [-0.2, 0) is 0 Å². The second-order valence-electron chi connectivity index (χ2n) is 3.59. The number of aromatic amines is 1. The fraction of sp³-hybridized carbons (Fsp3) is 0.750. The van der Waals surface area contributed by atoms with Crippen LogP contribution in [0.1, 0.15) is 29.9 Å². The number of H-pyrrole nitrogens is 1. The molecule has 3 N–H and O–H groups in total. The molecule has 1 aliphatic rings. The lowest BCUT2D eigenvalue weighted by Crippen LogP contribution is -2.36. The zero-order chi connectivity index (χ0) is 10.5. The van der Waals surface area contributed by atoms with E-state index in [0.29, 0.717) is 0 Å². The molecule has 0 saturated carbocycles. The molecule has 7 nitrogen and oxygen atoms in total. The molecule has 0 aliphatic carbocycles. The lowest BCUT2D eigenvalue weighted by atomic mass is 10.1. The first-order valence-electron chi connectivity index (χ1n) is 5.11. The number of hydrogen-bond donors (Lipinski definition) is 3. The molecule has 0 aromatic carbocycles. The minimum atomic E-state index is -0.254. The Kier molecular flexibility index (Phi) is 3.23. The van der Waals surface area contributed by atoms with Crippen molar-refractivity contribution in [3.63, 3.8) is 0 Å². The Labute approximate surface area is 87.0 Å². The van der Waals surface area contributed by atoms with Gasteiger partial charge in [-0.15, -0.1) is 10.2 Å². The van der Waals surface area contributed by atoms with Crippen molar-refractivity contribution in [3.8, 4) is 0 Å². The third kappa shape index (κ3) is 2.72. The summed E-state index contributed by atoms with van der Waals surface area (Å²) in [5, 5.41) is 19.0. The Morgan fingerprint density at radius 2 is 2.33 bits per heavy atom. The number of carbonyl (C=O) groups is 1. The first-order chi connectivity index (χ1) is 7.36. The number of amides is 1. The van der Waals surface area contributed by atoms with E-state index in [1.165, 1.54) is 0 Å². The molecule has 1 aliphatic heterocycles. The molecule has 7 heteroatoms. The van der Waals surface area contributed by atoms with E-state index in [9.17, 15) is 4.79 Å². The first-order valence-corrected chi connectivity index (χ1v) is 5.11. The van der Waals surface area contributed by atoms with Gasteiger partial charge in [0.05, 0.1) is 0 Å². The third-order valence-corrected chi connectivity index (χ3v) is 2.46. The van der Waals surface area contributed by atoms with Crippen LogP contribution in [-0.4, -0.2) is 45.7 Å². The average molecular weight is 210 g/mol. The zero-order valence-electron chi connectivity index (χ0n) is 8.36. The van der Waals surface area contributed by atoms with E-state index >= 15 is 0 Å². The second-order valence-corrected chi connectivity index (χ2v) is 3.59. The molecule has 1 aromatic rings. The molecule has 0 bridgehead atoms. The van der Waals surface area contributed by atoms with Crippen LogP contribution in [0.2, 0.25) is 0 Å². The molecule has 0 radical (unpaired) electrons. The van der Waals surface area contributed by atoms with Gasteiger partial charge < -0.3 is 10.6 Å². The fourth-order valence-electron chi connectivity index (χ4n) is 1.67. The van der Waals surface area contributed by atoms with E-state index in [1.54, 1.807) is 0 Å². The van der Waals surface area contributed by atoms with Gasteiger partial charge >= 0.3 is 0 Å². The number of nitrogens with one attached hydrogen (secondary N) is 3. The van der Waals surface area contributed by atoms with Crippen LogP contribution in [0.5, 0.6) is 0 Å². The summed E-state index contributed by atoms with van der Waals surface area (Å²) in [4.78, 5) is 11.6. The van der Waals surface area contributed by atoms with Gasteiger partial charge in [-0.3, -0.25) is 4.79 Å². The number of hydrogen-bond acceptors (Lipinski definition) is 5. The Balaban J connectivity index is 1.87. The molecule has 1 aromatic heterocycles. The molecular weight excluding hydrogens is 196 g/mol. The van der Waals surface area contributed by atoms with Crippen molar-refractivity contribution in [2.75, 3.05) is 13.1 Å². The lowest BCUT2D eigenvalue weighted by molar-refractivity contribution is 0.0923. The van der Waals surface area contributed by atoms with Gasteiger partial charge in [0.1, 0.15) is 0 Å². The monoisotopic (exact) mass is 210 g/mol. The normalized spacial score (nSPS) is 22.0. The number of aromatic nitrogens is 4. The largest absolute Gasteiger partial charge is 0.346 e. The quantitative estimate of drug-likeness (QED) is 0.586. The van der Waals surface area contributed by atoms with Gasteiger partial charge in [0.25, 0.3) is 11.7 Å². The van der Waals surface area contributed by atoms with Gasteiger partial charge in [-0.25, -0.2) is 0 Å². The van der Waals surface area contributed by atoms with Crippen LogP contribution < -0.4 is 10.6 Å². The highest BCUT2D eigenvalue weighted by Crippen LogP contribution is 2.05. The maximum absolute atomic E-state index is 11.6. The molecule has 2 heterocycles. The topological polar surface area (TPSA) is 95.6 Å². The third-order valence-electron chi connectivity index (χ3n) is 2.46. The Morgan fingerprint density at radius 3 is 3.13 bits per heavy atom. The Morgan fingerprint density at radius 1 is 1.40 bits per heavy atom. The van der Waals surface area contributed by atoms with Crippen molar-refractivity contribution >= 4 is 5.91 Å². The Hall–Kier alpha value is -1.50. The fourth-order valence-corrected chi connectivity index (χ4v) is 1.67. The van der Waals surface area contributed by atoms with Crippen molar-refractivity contribution in [1.82, 2.24) is 31.3 Å². The molecule has 2 rings (SSSR count). The van der Waals surface area contributed by atoms with E-state index in [0.717, 1.165) is 32.4 Å². The van der Waals surface area contributed by atoms with E-state index < -0.39 is 0 Å². The highest BCUT2D eigenvalue weighted by molar-refractivity contribution is 5.90. The summed E-state index contributed by atoms with van der Waals surface area (Å²) in [6.45, 7) is 1.96. The molecule has 1 fully saturated rings. The molecule has 1 unspecified atom stereocenters. The van der Waals surface area contributed by atoms with E-state index in [1.807, 2.05) is 0 Å². The minimum Gasteiger partial charge on any atom is -0.346 e. The molecule has 0 spiro atoms. The van der Waals surface area contributed by atoms with Crippen molar-refractivity contribution in [2.24, 2.45) is 0 Å². The molecule has 15 heavy (non-hydrogen) atoms. The van der Waals surface area contributed by atoms with Crippen LogP contribution in [0.4, 0.5) is 0 Å². The zero-order valence-corrected chi connectivity index (χ0v) is 8.36. The molecule has 1 amide bonds. The van der Waals surface area contributed by atoms with E-state index in [4.69, 9.17) is 0 Å². The van der Waals surface area contributed by atoms with Gasteiger partial charge in [0.2, 0.25) is 0 Å². The number of rotatable bonds is 2. The summed E-state index contributed by atoms with van der Waals surface area (Å²) in [5.74, 6) is -0.150. The van der Waals surface area contributed by atoms with E-state index in [2.05, 4.69) is 31.3 Å². The van der Waals surface area contributed by atoms with E-state index in [-0.39, 0.29) is 17.8 Å². The SMILES string of the molecule is O=C(NC1CCCNCC1)c1nn[nH]n1. The van der Waals surface area contributed by atoms with Crippen LogP contribution in [0.25, 0.3) is 0 Å². The maximum Gasteiger partial charge on any atom is 0.293 e. The summed E-state index contributed by atoms with van der Waals surface area (Å²) in [5.41, 5.74) is 0. The number of nitrogens with zero attached hydrogens (tertiary/aromatic N) is 3. The summed E-state index contributed by atoms with van der Waals surface area (Å²) in [7, 11) is 0. The van der Waals surface area contributed by atoms with Crippen LogP contribution in [0, 0.1) is 0 Å². The lowest BCUT2D eigenvalue weighted by Gasteiger charge is -2.13. The van der Waals surface area contributed by atoms with Crippen LogP contribution >= 0.6 is 0 Å². The molecule has 1 atom stereocenters.